The molecule has 0 unspecified atom stereocenters. The molecule has 0 bridgehead atoms. The second-order valence-corrected chi connectivity index (χ2v) is 6.26. The molecule has 0 atom stereocenters. The van der Waals surface area contributed by atoms with Crippen LogP contribution in [-0.4, -0.2) is 22.6 Å². The molecule has 0 aliphatic carbocycles. The van der Waals surface area contributed by atoms with E-state index in [1.54, 1.807) is 6.20 Å². The molecule has 1 heterocycles. The third-order valence-electron chi connectivity index (χ3n) is 2.28. The minimum atomic E-state index is 0.342. The molecule has 17 heavy (non-hydrogen) atoms. The van der Waals surface area contributed by atoms with E-state index in [0.717, 1.165) is 21.3 Å². The van der Waals surface area contributed by atoms with Crippen LogP contribution in [0, 0.1) is 0 Å². The van der Waals surface area contributed by atoms with Crippen molar-refractivity contribution in [3.63, 3.8) is 0 Å². The van der Waals surface area contributed by atoms with Crippen molar-refractivity contribution in [2.24, 2.45) is 5.73 Å². The predicted octanol–water partition coefficient (Wildman–Crippen LogP) is 3.50. The zero-order valence-electron chi connectivity index (χ0n) is 9.78. The summed E-state index contributed by atoms with van der Waals surface area (Å²) in [5.74, 6) is 0.916. The number of hydrogen-bond donors (Lipinski definition) is 1. The van der Waals surface area contributed by atoms with Gasteiger partial charge in [-0.25, -0.2) is 4.98 Å². The van der Waals surface area contributed by atoms with E-state index in [1.807, 2.05) is 6.07 Å². The number of hydrogen-bond acceptors (Lipinski definition) is 3. The van der Waals surface area contributed by atoms with Crippen molar-refractivity contribution in [1.29, 1.82) is 0 Å². The third-order valence-corrected chi connectivity index (χ3v) is 3.50. The molecule has 0 saturated carbocycles. The van der Waals surface area contributed by atoms with Gasteiger partial charge in [0.25, 0.3) is 0 Å². The maximum atomic E-state index is 5.55. The molecule has 0 aromatic carbocycles. The number of pyridine rings is 1. The van der Waals surface area contributed by atoms with Gasteiger partial charge in [0, 0.05) is 29.7 Å². The fraction of sp³-hybridized carbons (Fsp3) is 0.455. The number of nitrogens with zero attached hydrogens (tertiary/aromatic N) is 2. The average molecular weight is 381 g/mol. The van der Waals surface area contributed by atoms with E-state index in [1.165, 1.54) is 0 Å². The van der Waals surface area contributed by atoms with Gasteiger partial charge in [0.1, 0.15) is 5.82 Å². The lowest BCUT2D eigenvalue weighted by molar-refractivity contribution is 0.679. The Balaban J connectivity index is 2.93. The van der Waals surface area contributed by atoms with E-state index in [0.29, 0.717) is 17.5 Å². The second-order valence-electron chi connectivity index (χ2n) is 3.96. The van der Waals surface area contributed by atoms with Crippen LogP contribution >= 0.6 is 44.1 Å². The molecule has 1 aromatic rings. The summed E-state index contributed by atoms with van der Waals surface area (Å²) >= 11 is 11.8. The molecular formula is C11H15Br2N3S. The summed E-state index contributed by atoms with van der Waals surface area (Å²) in [5, 5.41) is 0. The summed E-state index contributed by atoms with van der Waals surface area (Å²) in [7, 11) is 0. The first-order valence-electron chi connectivity index (χ1n) is 5.27. The van der Waals surface area contributed by atoms with E-state index < -0.39 is 0 Å². The van der Waals surface area contributed by atoms with Crippen LogP contribution in [-0.2, 0) is 0 Å². The van der Waals surface area contributed by atoms with Crippen LogP contribution in [0.5, 0.6) is 0 Å². The second kappa shape index (κ2) is 6.66. The van der Waals surface area contributed by atoms with Crippen molar-refractivity contribution >= 4 is 54.9 Å². The number of halogens is 2. The van der Waals surface area contributed by atoms with Crippen molar-refractivity contribution in [2.45, 2.75) is 26.3 Å². The van der Waals surface area contributed by atoms with Crippen LogP contribution < -0.4 is 10.6 Å². The number of aromatic nitrogens is 1. The third kappa shape index (κ3) is 4.52. The highest BCUT2D eigenvalue weighted by molar-refractivity contribution is 9.11. The van der Waals surface area contributed by atoms with Crippen molar-refractivity contribution < 1.29 is 0 Å². The monoisotopic (exact) mass is 379 g/mol. The highest BCUT2D eigenvalue weighted by Crippen LogP contribution is 2.28. The van der Waals surface area contributed by atoms with E-state index >= 15 is 0 Å². The zero-order chi connectivity index (χ0) is 13.0. The Morgan fingerprint density at radius 1 is 1.53 bits per heavy atom. The minimum Gasteiger partial charge on any atom is -0.393 e. The zero-order valence-corrected chi connectivity index (χ0v) is 13.8. The maximum absolute atomic E-state index is 5.55. The Hall–Kier alpha value is -0.200. The lowest BCUT2D eigenvalue weighted by atomic mass is 10.2. The largest absolute Gasteiger partial charge is 0.393 e. The van der Waals surface area contributed by atoms with Gasteiger partial charge in [-0.1, -0.05) is 12.2 Å². The molecule has 0 radical (unpaired) electrons. The lowest BCUT2D eigenvalue weighted by Crippen LogP contribution is -2.34. The normalized spacial score (nSPS) is 10.6. The van der Waals surface area contributed by atoms with Crippen molar-refractivity contribution in [2.75, 3.05) is 11.4 Å². The SMILES string of the molecule is CC(C)N(CCC(N)=S)c1ncc(Br)cc1Br. The maximum Gasteiger partial charge on any atom is 0.143 e. The molecule has 0 amide bonds. The van der Waals surface area contributed by atoms with Gasteiger partial charge in [-0.15, -0.1) is 0 Å². The van der Waals surface area contributed by atoms with E-state index in [-0.39, 0.29) is 0 Å². The first kappa shape index (κ1) is 14.9. The van der Waals surface area contributed by atoms with Gasteiger partial charge in [-0.3, -0.25) is 0 Å². The Kier molecular flexibility index (Phi) is 5.82. The molecule has 0 aliphatic heterocycles. The summed E-state index contributed by atoms with van der Waals surface area (Å²) in [6.07, 6.45) is 2.48. The Labute approximate surface area is 124 Å². The van der Waals surface area contributed by atoms with Crippen LogP contribution in [0.25, 0.3) is 0 Å². The molecule has 1 aromatic heterocycles. The van der Waals surface area contributed by atoms with Gasteiger partial charge >= 0.3 is 0 Å². The number of nitrogens with two attached hydrogens (primary N) is 1. The molecular weight excluding hydrogens is 366 g/mol. The molecule has 1 rings (SSSR count). The first-order chi connectivity index (χ1) is 7.91. The summed E-state index contributed by atoms with van der Waals surface area (Å²) in [6.45, 7) is 5.02. The lowest BCUT2D eigenvalue weighted by Gasteiger charge is -2.28. The summed E-state index contributed by atoms with van der Waals surface area (Å²) in [6, 6.07) is 2.33. The molecule has 0 aliphatic rings. The average Bonchev–Trinajstić information content (AvgIpc) is 2.20. The van der Waals surface area contributed by atoms with Crippen molar-refractivity contribution in [3.8, 4) is 0 Å². The van der Waals surface area contributed by atoms with Gasteiger partial charge in [-0.05, 0) is 51.8 Å². The highest BCUT2D eigenvalue weighted by Gasteiger charge is 2.15. The first-order valence-corrected chi connectivity index (χ1v) is 7.27. The molecule has 6 heteroatoms. The summed E-state index contributed by atoms with van der Waals surface area (Å²) in [4.78, 5) is 7.13. The van der Waals surface area contributed by atoms with Crippen molar-refractivity contribution in [1.82, 2.24) is 4.98 Å². The van der Waals surface area contributed by atoms with Crippen molar-refractivity contribution in [3.05, 3.63) is 21.2 Å². The van der Waals surface area contributed by atoms with Gasteiger partial charge in [0.2, 0.25) is 0 Å². The Morgan fingerprint density at radius 3 is 2.65 bits per heavy atom. The standard InChI is InChI=1S/C11H15Br2N3S/c1-7(2)16(4-3-10(14)17)11-9(13)5-8(12)6-15-11/h5-7H,3-4H2,1-2H3,(H2,14,17). The van der Waals surface area contributed by atoms with Gasteiger partial charge in [0.15, 0.2) is 0 Å². The Bertz CT molecular complexity index is 410. The molecule has 3 nitrogen and oxygen atoms in total. The van der Waals surface area contributed by atoms with E-state index in [4.69, 9.17) is 18.0 Å². The quantitative estimate of drug-likeness (QED) is 0.793. The minimum absolute atomic E-state index is 0.342. The van der Waals surface area contributed by atoms with E-state index in [9.17, 15) is 0 Å². The van der Waals surface area contributed by atoms with Crippen LogP contribution in [0.1, 0.15) is 20.3 Å². The smallest absolute Gasteiger partial charge is 0.143 e. The fourth-order valence-electron chi connectivity index (χ4n) is 1.46. The van der Waals surface area contributed by atoms with Crippen LogP contribution in [0.15, 0.2) is 21.2 Å². The predicted molar refractivity (Wildman–Crippen MR) is 83.5 cm³/mol. The van der Waals surface area contributed by atoms with Gasteiger partial charge in [-0.2, -0.15) is 0 Å². The van der Waals surface area contributed by atoms with Crippen LogP contribution in [0.3, 0.4) is 0 Å². The molecule has 0 fully saturated rings. The Morgan fingerprint density at radius 2 is 2.18 bits per heavy atom. The molecule has 0 saturated heterocycles. The summed E-state index contributed by atoms with van der Waals surface area (Å²) in [5.41, 5.74) is 5.55. The van der Waals surface area contributed by atoms with Gasteiger partial charge in [0.05, 0.1) is 9.46 Å². The highest BCUT2D eigenvalue weighted by atomic mass is 79.9. The van der Waals surface area contributed by atoms with Crippen LogP contribution in [0.4, 0.5) is 5.82 Å². The topological polar surface area (TPSA) is 42.1 Å². The number of thiocarbonyl (C=S) groups is 1. The van der Waals surface area contributed by atoms with Crippen LogP contribution in [0.2, 0.25) is 0 Å². The molecule has 2 N–H and O–H groups in total. The van der Waals surface area contributed by atoms with Gasteiger partial charge < -0.3 is 10.6 Å². The van der Waals surface area contributed by atoms with E-state index in [2.05, 4.69) is 55.6 Å². The number of rotatable bonds is 5. The fourth-order valence-corrected chi connectivity index (χ4v) is 2.76. The molecule has 0 spiro atoms. The summed E-state index contributed by atoms with van der Waals surface area (Å²) < 4.78 is 1.91. The molecule has 94 valence electrons. The number of anilines is 1.